The number of aromatic amines is 5. The van der Waals surface area contributed by atoms with E-state index in [1.165, 1.54) is 18.6 Å². The van der Waals surface area contributed by atoms with Gasteiger partial charge < -0.3 is 131 Å². The minimum Gasteiger partial charge on any atom is -0.481 e. The van der Waals surface area contributed by atoms with Gasteiger partial charge in [0.2, 0.25) is 65.0 Å². The molecule has 0 aliphatic rings. The highest BCUT2D eigenvalue weighted by atomic mass is 16.4. The Morgan fingerprint density at radius 2 is 0.508 bits per heavy atom. The number of aliphatic carboxylic acids is 4. The molecule has 10 aromatic rings. The predicted octanol–water partition coefficient (Wildman–Crippen LogP) is 0.217. The number of nitrogens with two attached hydrogens (primary N) is 2. The number of carbonyl (C=O) groups excluding carboxylic acids is 11. The number of fused-ring (bicyclic) bond motifs is 5. The molecule has 40 nitrogen and oxygen atoms in total. The van der Waals surface area contributed by atoms with Crippen LogP contribution in [0, 0.1) is 0 Å². The number of carbonyl (C=O) groups is 15. The number of aromatic nitrogens is 5. The second-order valence-corrected chi connectivity index (χ2v) is 31.5. The monoisotopic (exact) mass is 1770 g/mol. The molecular formula is C88H106N18O22. The minimum atomic E-state index is -2.09. The molecule has 11 amide bonds. The lowest BCUT2D eigenvalue weighted by molar-refractivity contribution is -0.143. The highest BCUT2D eigenvalue weighted by Gasteiger charge is 2.41. The van der Waals surface area contributed by atoms with Crippen LogP contribution in [0.3, 0.4) is 0 Å². The number of hydrogen-bond donors (Lipinski definition) is 25. The largest absolute Gasteiger partial charge is 0.481 e. The highest BCUT2D eigenvalue weighted by Crippen LogP contribution is 2.26. The number of aliphatic hydroxyl groups excluding tert-OH is 3. The van der Waals surface area contributed by atoms with Gasteiger partial charge in [-0.1, -0.05) is 97.4 Å². The van der Waals surface area contributed by atoms with E-state index >= 15 is 28.8 Å². The van der Waals surface area contributed by atoms with Gasteiger partial charge >= 0.3 is 23.9 Å². The van der Waals surface area contributed by atoms with Gasteiger partial charge in [0.15, 0.2) is 0 Å². The lowest BCUT2D eigenvalue weighted by Crippen LogP contribution is -2.63. The van der Waals surface area contributed by atoms with Crippen LogP contribution in [0.15, 0.2) is 152 Å². The van der Waals surface area contributed by atoms with Crippen molar-refractivity contribution in [2.24, 2.45) is 11.5 Å². The number of carboxylic acid groups (broad SMARTS) is 4. The third kappa shape index (κ3) is 25.9. The molecule has 5 aromatic heterocycles. The molecule has 5 heterocycles. The van der Waals surface area contributed by atoms with Crippen molar-refractivity contribution in [2.75, 3.05) is 6.54 Å². The first-order valence-electron chi connectivity index (χ1n) is 41.6. The van der Waals surface area contributed by atoms with E-state index in [0.717, 1.165) is 20.8 Å². The Kier molecular flexibility index (Phi) is 33.7. The maximum atomic E-state index is 15.5. The molecule has 0 radical (unpaired) electrons. The number of H-pyrrole nitrogens is 5. The first-order chi connectivity index (χ1) is 61.1. The van der Waals surface area contributed by atoms with Crippen LogP contribution in [-0.4, -0.2) is 247 Å². The number of unbranched alkanes of at least 4 members (excludes halogenated alkanes) is 1. The van der Waals surface area contributed by atoms with Gasteiger partial charge in [-0.25, -0.2) is 4.79 Å². The summed E-state index contributed by atoms with van der Waals surface area (Å²) in [6.45, 7) is 3.62. The van der Waals surface area contributed by atoms with Crippen LogP contribution < -0.4 is 70.0 Å². The maximum absolute atomic E-state index is 15.5. The highest BCUT2D eigenvalue weighted by molar-refractivity contribution is 6.02. The van der Waals surface area contributed by atoms with E-state index in [0.29, 0.717) is 102 Å². The zero-order valence-electron chi connectivity index (χ0n) is 70.1. The van der Waals surface area contributed by atoms with E-state index < -0.39 is 237 Å². The standard InChI is InChI=1S/C88H106N18O22/c1-44(107)74(85(124)98-63(27-30-71(110)111)78(117)103-70(88(127)128)38-51-43-95-62-26-13-8-20-56(51)62)106-84(123)69(37-50-42-94-61-25-12-7-19-55(50)61)100-83(122)68(36-49-41-93-60-24-11-6-18-54(49)60)102-87(126)76(46(3)109)105-80(119)65(29-32-73(114)115)97-81(120)66(34-47-39-91-58-22-9-4-16-52(47)58)99-82(121)67(35-48-40-92-59-23-10-5-17-53(48)59)101-86(125)75(45(2)108)104-79(118)64(28-31-72(112)113)96-77(116)57(90)21-14-15-33-89/h4-13,16-20,22-26,39-46,57,63-70,74-76,91-95,107-109H,14-15,21,27-38,89-90H2,1-3H3,(H,96,116)(H,97,120)(H,98,124)(H,99,121)(H,100,122)(H,101,125)(H,102,126)(H,103,117)(H,104,118)(H,105,119)(H,106,123)(H,110,111)(H,112,113)(H,114,115)(H,127,128)/t44-,45-,46-,57+,63+,64+,65+,66+,67+,68+,69+,70+,74+,75+,76+/m1/s1. The van der Waals surface area contributed by atoms with Gasteiger partial charge in [0.25, 0.3) is 0 Å². The van der Waals surface area contributed by atoms with E-state index in [1.54, 1.807) is 134 Å². The minimum absolute atomic E-state index is 0.149. The molecule has 15 atom stereocenters. The van der Waals surface area contributed by atoms with E-state index in [9.17, 15) is 78.9 Å². The average Bonchev–Trinajstić information content (AvgIpc) is 1.59. The van der Waals surface area contributed by atoms with Crippen molar-refractivity contribution >= 4 is 143 Å². The number of benzene rings is 5. The molecule has 0 saturated carbocycles. The number of rotatable bonds is 49. The Hall–Kier alpha value is -14.4. The molecule has 0 spiro atoms. The number of para-hydroxylation sites is 5. The van der Waals surface area contributed by atoms with Crippen LogP contribution in [0.5, 0.6) is 0 Å². The molecule has 40 heteroatoms. The Morgan fingerprint density at radius 3 is 0.773 bits per heavy atom. The van der Waals surface area contributed by atoms with Crippen molar-refractivity contribution in [3.63, 3.8) is 0 Å². The quantitative estimate of drug-likeness (QED) is 0.0227. The molecule has 0 aliphatic carbocycles. The first kappa shape index (κ1) is 95.9. The lowest BCUT2D eigenvalue weighted by atomic mass is 10.00. The van der Waals surface area contributed by atoms with Crippen LogP contribution in [0.1, 0.15) is 106 Å². The molecule has 0 saturated heterocycles. The molecule has 10 rings (SSSR count). The number of carboxylic acids is 4. The third-order valence-corrected chi connectivity index (χ3v) is 22.0. The second-order valence-electron chi connectivity index (χ2n) is 31.5. The van der Waals surface area contributed by atoms with Crippen molar-refractivity contribution in [1.82, 2.24) is 83.4 Å². The first-order valence-corrected chi connectivity index (χ1v) is 41.6. The molecule has 128 heavy (non-hydrogen) atoms. The molecule has 27 N–H and O–H groups in total. The number of amides is 11. The summed E-state index contributed by atoms with van der Waals surface area (Å²) in [7, 11) is 0. The lowest BCUT2D eigenvalue weighted by Gasteiger charge is -2.29. The molecule has 680 valence electrons. The van der Waals surface area contributed by atoms with Crippen molar-refractivity contribution in [2.45, 2.75) is 201 Å². The Balaban J connectivity index is 0.917. The van der Waals surface area contributed by atoms with Crippen molar-refractivity contribution in [3.8, 4) is 0 Å². The van der Waals surface area contributed by atoms with Gasteiger partial charge in [-0.2, -0.15) is 0 Å². The van der Waals surface area contributed by atoms with Gasteiger partial charge in [0, 0.05) is 137 Å². The topological polar surface area (TPSA) is 661 Å². The Labute approximate surface area is 730 Å². The summed E-state index contributed by atoms with van der Waals surface area (Å²) in [5.74, 6) is -18.4. The van der Waals surface area contributed by atoms with Crippen LogP contribution >= 0.6 is 0 Å². The summed E-state index contributed by atoms with van der Waals surface area (Å²) in [5.41, 5.74) is 16.8. The SMILES string of the molecule is C[C@@H](O)[C@H](NC(=O)[C@H](Cc1c[nH]c2ccccc12)NC(=O)[C@H](Cc1c[nH]c2ccccc12)NC(=O)[C@@H](NC(=O)[C@H](CCC(=O)O)NC(=O)[C@H](Cc1c[nH]c2ccccc12)NC(=O)[C@H](Cc1c[nH]c2ccccc12)NC(=O)[C@@H](NC(=O)[C@H](CCC(=O)O)NC(=O)[C@@H](N)CCCCN)[C@@H](C)O)[C@@H](C)O)C(=O)N[C@@H](CCC(=O)O)C(=O)N[C@@H](Cc1c[nH]c2ccccc12)C(=O)O. The van der Waals surface area contributed by atoms with Gasteiger partial charge in [0.05, 0.1) is 24.4 Å². The molecule has 0 aliphatic heterocycles. The summed E-state index contributed by atoms with van der Waals surface area (Å²) in [6.07, 6.45) is -2.56. The molecule has 0 fully saturated rings. The van der Waals surface area contributed by atoms with Crippen LogP contribution in [0.2, 0.25) is 0 Å². The number of hydrogen-bond acceptors (Lipinski definition) is 20. The van der Waals surface area contributed by atoms with E-state index in [-0.39, 0.29) is 19.3 Å². The Bertz CT molecular complexity index is 5670. The zero-order valence-corrected chi connectivity index (χ0v) is 70.1. The average molecular weight is 1770 g/mol. The Morgan fingerprint density at radius 1 is 0.289 bits per heavy atom. The number of aliphatic hydroxyl groups is 3. The summed E-state index contributed by atoms with van der Waals surface area (Å²) in [6, 6.07) is 13.1. The van der Waals surface area contributed by atoms with E-state index in [2.05, 4.69) is 83.4 Å². The number of nitrogens with one attached hydrogen (secondary N) is 16. The van der Waals surface area contributed by atoms with Gasteiger partial charge in [-0.3, -0.25) is 67.1 Å². The molecule has 5 aromatic carbocycles. The van der Waals surface area contributed by atoms with E-state index in [4.69, 9.17) is 11.5 Å². The molecule has 0 unspecified atom stereocenters. The zero-order chi connectivity index (χ0) is 92.6. The fraction of sp³-hybridized carbons (Fsp3) is 0.375. The summed E-state index contributed by atoms with van der Waals surface area (Å²) < 4.78 is 0. The van der Waals surface area contributed by atoms with Gasteiger partial charge in [-0.05, 0) is 118 Å². The smallest absolute Gasteiger partial charge is 0.326 e. The molecular weight excluding hydrogens is 1660 g/mol. The summed E-state index contributed by atoms with van der Waals surface area (Å²) in [4.78, 5) is 227. The van der Waals surface area contributed by atoms with Crippen molar-refractivity contribution < 1.29 is 108 Å². The van der Waals surface area contributed by atoms with Crippen LogP contribution in [0.4, 0.5) is 0 Å². The van der Waals surface area contributed by atoms with Gasteiger partial charge in [-0.15, -0.1) is 0 Å². The van der Waals surface area contributed by atoms with Crippen LogP contribution in [0.25, 0.3) is 54.5 Å². The third-order valence-electron chi connectivity index (χ3n) is 22.0. The van der Waals surface area contributed by atoms with Crippen molar-refractivity contribution in [1.29, 1.82) is 0 Å². The molecule has 0 bridgehead atoms. The summed E-state index contributed by atoms with van der Waals surface area (Å²) in [5, 5.41) is 104. The second kappa shape index (κ2) is 45.0. The van der Waals surface area contributed by atoms with Gasteiger partial charge in [0.1, 0.15) is 66.5 Å². The maximum Gasteiger partial charge on any atom is 0.326 e. The summed E-state index contributed by atoms with van der Waals surface area (Å²) >= 11 is 0. The van der Waals surface area contributed by atoms with Crippen molar-refractivity contribution in [3.05, 3.63) is 180 Å². The predicted molar refractivity (Wildman–Crippen MR) is 465 cm³/mol. The normalized spacial score (nSPS) is 15.0. The van der Waals surface area contributed by atoms with E-state index in [1.807, 2.05) is 0 Å². The fourth-order valence-corrected chi connectivity index (χ4v) is 15.0. The fourth-order valence-electron chi connectivity index (χ4n) is 15.0. The van der Waals surface area contributed by atoms with Crippen LogP contribution in [-0.2, 0) is 104 Å².